The van der Waals surface area contributed by atoms with Crippen molar-refractivity contribution in [1.82, 2.24) is 9.80 Å². The summed E-state index contributed by atoms with van der Waals surface area (Å²) >= 11 is 0.894. The molecule has 6 heteroatoms. The Morgan fingerprint density at radius 1 is 1.25 bits per heavy atom. The van der Waals surface area contributed by atoms with Crippen molar-refractivity contribution in [3.8, 4) is 0 Å². The minimum absolute atomic E-state index is 0.148. The SMILES string of the molecule is CC1CCCCN1C(=O)CN1C(=O)S/C(=C/c2ccccc2)C1=O. The first-order valence-electron chi connectivity index (χ1n) is 8.16. The van der Waals surface area contributed by atoms with Gasteiger partial charge in [0.1, 0.15) is 6.54 Å². The minimum atomic E-state index is -0.383. The molecular formula is C18H20N2O3S. The van der Waals surface area contributed by atoms with Gasteiger partial charge in [0.25, 0.3) is 11.1 Å². The summed E-state index contributed by atoms with van der Waals surface area (Å²) < 4.78 is 0. The van der Waals surface area contributed by atoms with Crippen LogP contribution >= 0.6 is 11.8 Å². The lowest BCUT2D eigenvalue weighted by atomic mass is 10.0. The summed E-state index contributed by atoms with van der Waals surface area (Å²) in [6, 6.07) is 9.55. The smallest absolute Gasteiger partial charge is 0.294 e. The Balaban J connectivity index is 1.70. The molecule has 0 aliphatic carbocycles. The van der Waals surface area contributed by atoms with Crippen LogP contribution in [0.2, 0.25) is 0 Å². The molecule has 2 fully saturated rings. The van der Waals surface area contributed by atoms with Gasteiger partial charge in [-0.2, -0.15) is 0 Å². The molecule has 2 aliphatic rings. The van der Waals surface area contributed by atoms with Gasteiger partial charge in [-0.25, -0.2) is 0 Å². The number of rotatable bonds is 3. The summed E-state index contributed by atoms with van der Waals surface area (Å²) in [5, 5.41) is -0.375. The van der Waals surface area contributed by atoms with Gasteiger partial charge in [0.15, 0.2) is 0 Å². The highest BCUT2D eigenvalue weighted by Gasteiger charge is 2.37. The van der Waals surface area contributed by atoms with Gasteiger partial charge in [0.05, 0.1) is 4.91 Å². The van der Waals surface area contributed by atoms with Crippen LogP contribution in [0.4, 0.5) is 4.79 Å². The maximum Gasteiger partial charge on any atom is 0.294 e. The largest absolute Gasteiger partial charge is 0.338 e. The van der Waals surface area contributed by atoms with Gasteiger partial charge in [-0.3, -0.25) is 19.3 Å². The Labute approximate surface area is 145 Å². The molecule has 24 heavy (non-hydrogen) atoms. The van der Waals surface area contributed by atoms with Crippen molar-refractivity contribution in [3.63, 3.8) is 0 Å². The third kappa shape index (κ3) is 3.53. The van der Waals surface area contributed by atoms with Crippen molar-refractivity contribution in [1.29, 1.82) is 0 Å². The molecule has 0 radical (unpaired) electrons. The van der Waals surface area contributed by atoms with E-state index in [0.29, 0.717) is 11.4 Å². The molecule has 2 saturated heterocycles. The van der Waals surface area contributed by atoms with Gasteiger partial charge < -0.3 is 4.90 Å². The fourth-order valence-electron chi connectivity index (χ4n) is 3.03. The van der Waals surface area contributed by atoms with Crippen molar-refractivity contribution in [2.75, 3.05) is 13.1 Å². The van der Waals surface area contributed by atoms with Crippen LogP contribution in [0, 0.1) is 0 Å². The molecule has 5 nitrogen and oxygen atoms in total. The van der Waals surface area contributed by atoms with E-state index in [0.717, 1.165) is 41.5 Å². The van der Waals surface area contributed by atoms with Crippen LogP contribution in [0.25, 0.3) is 6.08 Å². The second kappa shape index (κ2) is 7.21. The quantitative estimate of drug-likeness (QED) is 0.791. The Kier molecular flexibility index (Phi) is 5.04. The molecule has 0 spiro atoms. The molecule has 1 aromatic rings. The number of benzene rings is 1. The first-order valence-corrected chi connectivity index (χ1v) is 8.98. The van der Waals surface area contributed by atoms with Crippen LogP contribution in [0.1, 0.15) is 31.7 Å². The third-order valence-electron chi connectivity index (χ3n) is 4.39. The molecule has 1 unspecified atom stereocenters. The molecule has 0 N–H and O–H groups in total. The standard InChI is InChI=1S/C18H20N2O3S/c1-13-7-5-6-10-19(13)16(21)12-20-17(22)15(24-18(20)23)11-14-8-3-2-4-9-14/h2-4,8-9,11,13H,5-7,10,12H2,1H3/b15-11+. The van der Waals surface area contributed by atoms with E-state index in [1.54, 1.807) is 11.0 Å². The first-order chi connectivity index (χ1) is 11.6. The summed E-state index contributed by atoms with van der Waals surface area (Å²) in [7, 11) is 0. The maximum atomic E-state index is 12.5. The number of piperidine rings is 1. The summed E-state index contributed by atoms with van der Waals surface area (Å²) in [5.41, 5.74) is 0.860. The van der Waals surface area contributed by atoms with Gasteiger partial charge in [-0.15, -0.1) is 0 Å². The molecule has 2 aliphatic heterocycles. The topological polar surface area (TPSA) is 57.7 Å². The van der Waals surface area contributed by atoms with E-state index >= 15 is 0 Å². The minimum Gasteiger partial charge on any atom is -0.338 e. The lowest BCUT2D eigenvalue weighted by Crippen LogP contribution is -2.47. The van der Waals surface area contributed by atoms with E-state index in [1.807, 2.05) is 37.3 Å². The predicted molar refractivity (Wildman–Crippen MR) is 94.1 cm³/mol. The van der Waals surface area contributed by atoms with E-state index < -0.39 is 0 Å². The zero-order valence-corrected chi connectivity index (χ0v) is 14.4. The number of thioether (sulfide) groups is 1. The van der Waals surface area contributed by atoms with Crippen molar-refractivity contribution < 1.29 is 14.4 Å². The highest BCUT2D eigenvalue weighted by Crippen LogP contribution is 2.32. The average molecular weight is 344 g/mol. The Morgan fingerprint density at radius 2 is 2.00 bits per heavy atom. The summed E-state index contributed by atoms with van der Waals surface area (Å²) in [5.74, 6) is -0.530. The molecule has 0 saturated carbocycles. The molecule has 0 aromatic heterocycles. The molecule has 1 atom stereocenters. The molecule has 2 heterocycles. The average Bonchev–Trinajstić information content (AvgIpc) is 2.83. The normalized spacial score (nSPS) is 23.2. The van der Waals surface area contributed by atoms with E-state index in [1.165, 1.54) is 0 Å². The fraction of sp³-hybridized carbons (Fsp3) is 0.389. The third-order valence-corrected chi connectivity index (χ3v) is 5.30. The first kappa shape index (κ1) is 16.8. The maximum absolute atomic E-state index is 12.5. The van der Waals surface area contributed by atoms with Crippen molar-refractivity contribution in [2.45, 2.75) is 32.2 Å². The lowest BCUT2D eigenvalue weighted by molar-refractivity contribution is -0.138. The molecule has 3 rings (SSSR count). The Bertz CT molecular complexity index is 687. The molecule has 3 amide bonds. The molecule has 126 valence electrons. The van der Waals surface area contributed by atoms with Crippen LogP contribution in [0.15, 0.2) is 35.2 Å². The van der Waals surface area contributed by atoms with Crippen molar-refractivity contribution >= 4 is 34.9 Å². The number of carbonyl (C=O) groups is 3. The van der Waals surface area contributed by atoms with E-state index in [9.17, 15) is 14.4 Å². The monoisotopic (exact) mass is 344 g/mol. The zero-order valence-electron chi connectivity index (χ0n) is 13.6. The number of imide groups is 1. The second-order valence-electron chi connectivity index (χ2n) is 6.11. The van der Waals surface area contributed by atoms with Gasteiger partial charge in [-0.05, 0) is 49.6 Å². The van der Waals surface area contributed by atoms with Crippen LogP contribution in [0.5, 0.6) is 0 Å². The van der Waals surface area contributed by atoms with E-state index in [4.69, 9.17) is 0 Å². The van der Waals surface area contributed by atoms with Gasteiger partial charge in [-0.1, -0.05) is 30.3 Å². The van der Waals surface area contributed by atoms with E-state index in [-0.39, 0.29) is 29.6 Å². The number of likely N-dealkylation sites (tertiary alicyclic amines) is 1. The van der Waals surface area contributed by atoms with Crippen LogP contribution in [0.3, 0.4) is 0 Å². The Morgan fingerprint density at radius 3 is 2.71 bits per heavy atom. The summed E-state index contributed by atoms with van der Waals surface area (Å²) in [6.45, 7) is 2.55. The number of hydrogen-bond acceptors (Lipinski definition) is 4. The molecule has 0 bridgehead atoms. The van der Waals surface area contributed by atoms with Gasteiger partial charge >= 0.3 is 0 Å². The molecular weight excluding hydrogens is 324 g/mol. The van der Waals surface area contributed by atoms with Gasteiger partial charge in [0, 0.05) is 12.6 Å². The van der Waals surface area contributed by atoms with Crippen molar-refractivity contribution in [2.24, 2.45) is 0 Å². The number of hydrogen-bond donors (Lipinski definition) is 0. The number of amides is 3. The predicted octanol–water partition coefficient (Wildman–Crippen LogP) is 3.12. The van der Waals surface area contributed by atoms with Gasteiger partial charge in [0.2, 0.25) is 5.91 Å². The van der Waals surface area contributed by atoms with Crippen LogP contribution in [-0.2, 0) is 9.59 Å². The second-order valence-corrected chi connectivity index (χ2v) is 7.10. The summed E-state index contributed by atoms with van der Waals surface area (Å²) in [4.78, 5) is 40.3. The fourth-order valence-corrected chi connectivity index (χ4v) is 3.87. The summed E-state index contributed by atoms with van der Waals surface area (Å²) in [6.07, 6.45) is 4.76. The number of carbonyl (C=O) groups excluding carboxylic acids is 3. The highest BCUT2D eigenvalue weighted by atomic mass is 32.2. The highest BCUT2D eigenvalue weighted by molar-refractivity contribution is 8.18. The van der Waals surface area contributed by atoms with Crippen LogP contribution < -0.4 is 0 Å². The number of nitrogens with zero attached hydrogens (tertiary/aromatic N) is 2. The van der Waals surface area contributed by atoms with Crippen molar-refractivity contribution in [3.05, 3.63) is 40.8 Å². The van der Waals surface area contributed by atoms with Crippen LogP contribution in [-0.4, -0.2) is 46.0 Å². The lowest BCUT2D eigenvalue weighted by Gasteiger charge is -2.34. The van der Waals surface area contributed by atoms with E-state index in [2.05, 4.69) is 0 Å². The zero-order chi connectivity index (χ0) is 17.1. The molecule has 1 aromatic carbocycles. The Hall–Kier alpha value is -2.08.